The Balaban J connectivity index is 1.62. The second-order valence-corrected chi connectivity index (χ2v) is 8.02. The van der Waals surface area contributed by atoms with Crippen molar-refractivity contribution in [1.82, 2.24) is 15.3 Å². The number of primary amides is 1. The Morgan fingerprint density at radius 2 is 1.89 bits per heavy atom. The lowest BCUT2D eigenvalue weighted by Gasteiger charge is -2.39. The van der Waals surface area contributed by atoms with Crippen LogP contribution in [0.5, 0.6) is 0 Å². The number of nitrogens with zero attached hydrogens (tertiary/aromatic N) is 4. The molecule has 28 heavy (non-hydrogen) atoms. The average Bonchev–Trinajstić information content (AvgIpc) is 2.73. The molecule has 1 aliphatic heterocycles. The van der Waals surface area contributed by atoms with Crippen LogP contribution in [0.15, 0.2) is 18.5 Å². The van der Waals surface area contributed by atoms with Crippen LogP contribution in [-0.2, 0) is 9.59 Å². The van der Waals surface area contributed by atoms with E-state index in [0.29, 0.717) is 25.3 Å². The zero-order valence-electron chi connectivity index (χ0n) is 16.2. The van der Waals surface area contributed by atoms with Gasteiger partial charge in [-0.2, -0.15) is 5.26 Å². The van der Waals surface area contributed by atoms with Gasteiger partial charge in [0.05, 0.1) is 12.6 Å². The maximum Gasteiger partial charge on any atom is 0.225 e. The Labute approximate surface area is 165 Å². The topological polar surface area (TPSA) is 125 Å². The van der Waals surface area contributed by atoms with Gasteiger partial charge in [-0.3, -0.25) is 9.59 Å². The Morgan fingerprint density at radius 3 is 2.54 bits per heavy atom. The molecule has 8 heteroatoms. The van der Waals surface area contributed by atoms with Crippen LogP contribution in [0.4, 0.5) is 5.95 Å². The number of anilines is 1. The number of carbonyl (C=O) groups excluding carboxylic acids is 2. The van der Waals surface area contributed by atoms with Crippen LogP contribution >= 0.6 is 0 Å². The molecule has 0 spiro atoms. The van der Waals surface area contributed by atoms with Crippen molar-refractivity contribution >= 4 is 17.8 Å². The van der Waals surface area contributed by atoms with Gasteiger partial charge in [0.15, 0.2) is 0 Å². The molecule has 1 unspecified atom stereocenters. The highest BCUT2D eigenvalue weighted by Crippen LogP contribution is 2.40. The van der Waals surface area contributed by atoms with Crippen molar-refractivity contribution in [3.8, 4) is 6.07 Å². The van der Waals surface area contributed by atoms with Gasteiger partial charge in [-0.15, -0.1) is 0 Å². The predicted molar refractivity (Wildman–Crippen MR) is 104 cm³/mol. The molecule has 150 valence electrons. The molecule has 1 saturated carbocycles. The number of nitrogens with two attached hydrogens (primary N) is 1. The molecular formula is C20H28N6O2. The van der Waals surface area contributed by atoms with Crippen molar-refractivity contribution in [2.45, 2.75) is 63.3 Å². The van der Waals surface area contributed by atoms with E-state index in [2.05, 4.69) is 21.4 Å². The van der Waals surface area contributed by atoms with Crippen molar-refractivity contribution in [2.24, 2.45) is 11.1 Å². The molecule has 0 bridgehead atoms. The van der Waals surface area contributed by atoms with Crippen molar-refractivity contribution in [2.75, 3.05) is 18.0 Å². The maximum atomic E-state index is 12.7. The first-order valence-electron chi connectivity index (χ1n) is 10.0. The average molecular weight is 384 g/mol. The fraction of sp³-hybridized carbons (Fsp3) is 0.650. The summed E-state index contributed by atoms with van der Waals surface area (Å²) < 4.78 is 0. The van der Waals surface area contributed by atoms with E-state index >= 15 is 0 Å². The minimum atomic E-state index is -0.971. The number of hydrogen-bond donors (Lipinski definition) is 2. The number of aromatic nitrogens is 2. The molecule has 2 aliphatic rings. The van der Waals surface area contributed by atoms with Gasteiger partial charge < -0.3 is 16.0 Å². The third kappa shape index (κ3) is 4.41. The van der Waals surface area contributed by atoms with Gasteiger partial charge in [0.25, 0.3) is 0 Å². The summed E-state index contributed by atoms with van der Waals surface area (Å²) in [5, 5.41) is 12.7. The molecule has 1 saturated heterocycles. The molecule has 0 radical (unpaired) electrons. The number of amides is 2. The van der Waals surface area contributed by atoms with Gasteiger partial charge in [0, 0.05) is 30.8 Å². The smallest absolute Gasteiger partial charge is 0.225 e. The second kappa shape index (κ2) is 8.55. The van der Waals surface area contributed by atoms with Crippen molar-refractivity contribution in [3.63, 3.8) is 0 Å². The quantitative estimate of drug-likeness (QED) is 0.768. The van der Waals surface area contributed by atoms with Gasteiger partial charge in [-0.1, -0.05) is 19.3 Å². The Bertz CT molecular complexity index is 741. The van der Waals surface area contributed by atoms with Crippen LogP contribution in [0.3, 0.4) is 0 Å². The summed E-state index contributed by atoms with van der Waals surface area (Å²) in [6.07, 6.45) is 9.87. The summed E-state index contributed by atoms with van der Waals surface area (Å²) in [6.45, 7) is 1.09. The molecule has 2 heterocycles. The second-order valence-electron chi connectivity index (χ2n) is 8.02. The fourth-order valence-electron chi connectivity index (χ4n) is 4.43. The lowest BCUT2D eigenvalue weighted by atomic mass is 9.70. The normalized spacial score (nSPS) is 24.2. The van der Waals surface area contributed by atoms with Crippen molar-refractivity contribution in [3.05, 3.63) is 18.5 Å². The standard InChI is InChI=1S/C20H28N6O2/c21-14-20(9-4-13-26(15-20)18-23-11-5-12-24-18)25-16(27)6-10-19(17(22)28)7-2-1-3-8-19/h5,11-12H,1-4,6-10,13,15H2,(H2,22,28)(H,25,27). The monoisotopic (exact) mass is 384 g/mol. The van der Waals surface area contributed by atoms with E-state index < -0.39 is 11.0 Å². The number of carbonyl (C=O) groups is 2. The largest absolute Gasteiger partial charge is 0.369 e. The van der Waals surface area contributed by atoms with E-state index in [9.17, 15) is 14.9 Å². The molecule has 1 aliphatic carbocycles. The van der Waals surface area contributed by atoms with E-state index in [1.54, 1.807) is 18.5 Å². The highest BCUT2D eigenvalue weighted by molar-refractivity contribution is 5.83. The van der Waals surface area contributed by atoms with E-state index in [4.69, 9.17) is 5.73 Å². The van der Waals surface area contributed by atoms with Gasteiger partial charge in [-0.25, -0.2) is 9.97 Å². The molecule has 0 aromatic carbocycles. The van der Waals surface area contributed by atoms with E-state index in [0.717, 1.165) is 45.1 Å². The summed E-state index contributed by atoms with van der Waals surface area (Å²) in [5.74, 6) is 0.0506. The van der Waals surface area contributed by atoms with Crippen LogP contribution in [0, 0.1) is 16.7 Å². The van der Waals surface area contributed by atoms with Gasteiger partial charge >= 0.3 is 0 Å². The number of piperidine rings is 1. The highest BCUT2D eigenvalue weighted by Gasteiger charge is 2.40. The van der Waals surface area contributed by atoms with Crippen LogP contribution in [-0.4, -0.2) is 40.4 Å². The summed E-state index contributed by atoms with van der Waals surface area (Å²) in [4.78, 5) is 35.1. The van der Waals surface area contributed by atoms with Crippen LogP contribution in [0.1, 0.15) is 57.8 Å². The van der Waals surface area contributed by atoms with Gasteiger partial charge in [0.1, 0.15) is 5.54 Å². The Morgan fingerprint density at radius 1 is 1.18 bits per heavy atom. The minimum Gasteiger partial charge on any atom is -0.369 e. The first kappa shape index (κ1) is 20.1. The lowest BCUT2D eigenvalue weighted by molar-refractivity contribution is -0.131. The third-order valence-electron chi connectivity index (χ3n) is 6.08. The van der Waals surface area contributed by atoms with E-state index in [1.807, 2.05) is 4.90 Å². The SMILES string of the molecule is N#CC1(NC(=O)CCC2(C(N)=O)CCCCC2)CCCN(c2ncccn2)C1. The Hall–Kier alpha value is -2.69. The van der Waals surface area contributed by atoms with Crippen molar-refractivity contribution in [1.29, 1.82) is 5.26 Å². The fourth-order valence-corrected chi connectivity index (χ4v) is 4.43. The number of nitrogens with one attached hydrogen (secondary N) is 1. The first-order chi connectivity index (χ1) is 13.5. The molecule has 3 N–H and O–H groups in total. The molecule has 3 rings (SSSR count). The van der Waals surface area contributed by atoms with Crippen LogP contribution < -0.4 is 16.0 Å². The molecule has 1 aromatic heterocycles. The number of rotatable bonds is 6. The molecule has 1 atom stereocenters. The summed E-state index contributed by atoms with van der Waals surface area (Å²) >= 11 is 0. The molecule has 8 nitrogen and oxygen atoms in total. The van der Waals surface area contributed by atoms with Gasteiger partial charge in [0.2, 0.25) is 17.8 Å². The zero-order chi connectivity index (χ0) is 20.0. The molecule has 2 amide bonds. The zero-order valence-corrected chi connectivity index (χ0v) is 16.2. The van der Waals surface area contributed by atoms with Crippen LogP contribution in [0.2, 0.25) is 0 Å². The number of hydrogen-bond acceptors (Lipinski definition) is 6. The van der Waals surface area contributed by atoms with E-state index in [-0.39, 0.29) is 18.2 Å². The number of nitriles is 1. The first-order valence-corrected chi connectivity index (χ1v) is 10.0. The highest BCUT2D eigenvalue weighted by atomic mass is 16.2. The third-order valence-corrected chi connectivity index (χ3v) is 6.08. The summed E-state index contributed by atoms with van der Waals surface area (Å²) in [5.41, 5.74) is 4.12. The minimum absolute atomic E-state index is 0.203. The summed E-state index contributed by atoms with van der Waals surface area (Å²) in [6, 6.07) is 4.04. The summed E-state index contributed by atoms with van der Waals surface area (Å²) in [7, 11) is 0. The van der Waals surface area contributed by atoms with Crippen LogP contribution in [0.25, 0.3) is 0 Å². The lowest BCUT2D eigenvalue weighted by Crippen LogP contribution is -2.58. The molecule has 1 aromatic rings. The van der Waals surface area contributed by atoms with Crippen molar-refractivity contribution < 1.29 is 9.59 Å². The van der Waals surface area contributed by atoms with E-state index in [1.165, 1.54) is 0 Å². The Kier molecular flexibility index (Phi) is 6.12. The molecule has 2 fully saturated rings. The van der Waals surface area contributed by atoms with Gasteiger partial charge in [-0.05, 0) is 38.2 Å². The molecular weight excluding hydrogens is 356 g/mol. The predicted octanol–water partition coefficient (Wildman–Crippen LogP) is 1.67. The maximum absolute atomic E-state index is 12.7.